The lowest BCUT2D eigenvalue weighted by Gasteiger charge is -2.21. The molecule has 0 saturated heterocycles. The lowest BCUT2D eigenvalue weighted by molar-refractivity contribution is -0.131. The number of rotatable bonds is 45. The van der Waals surface area contributed by atoms with Crippen molar-refractivity contribution in [1.29, 1.82) is 0 Å². The first-order valence-corrected chi connectivity index (χ1v) is 24.7. The van der Waals surface area contributed by atoms with Gasteiger partial charge in [-0.25, -0.2) is 0 Å². The Bertz CT molecular complexity index is 814. The molecule has 3 unspecified atom stereocenters. The number of unbranched alkanes of at least 4 members (excludes halogenated alkanes) is 35. The Morgan fingerprint density at radius 1 is 0.436 bits per heavy atom. The van der Waals surface area contributed by atoms with Crippen molar-refractivity contribution in [2.45, 2.75) is 283 Å². The number of carbonyl (C=O) groups excluding carboxylic acids is 1. The summed E-state index contributed by atoms with van der Waals surface area (Å²) in [6.07, 6.45) is 56.6. The summed E-state index contributed by atoms with van der Waals surface area (Å²) in [6, 6.07) is -0.811. The smallest absolute Gasteiger partial charge is 0.249 e. The minimum atomic E-state index is -1.10. The standard InChI is InChI=1S/C50H97NO4/c1-3-5-7-9-11-13-15-17-19-21-23-24-25-26-27-29-30-32-34-36-38-40-42-44-48(53)47(46-52)51-50(55)49(54)45-43-41-39-37-35-33-31-28-22-20-18-16-14-12-10-8-6-4-2/h34,36,42,44,47-49,52-54H,3-33,35,37-41,43,45-46H2,1-2H3,(H,51,55)/b36-34+,44-42+. The van der Waals surface area contributed by atoms with Crippen LogP contribution >= 0.6 is 0 Å². The topological polar surface area (TPSA) is 89.8 Å². The molecule has 1 amide bonds. The average Bonchev–Trinajstić information content (AvgIpc) is 3.19. The molecule has 5 nitrogen and oxygen atoms in total. The van der Waals surface area contributed by atoms with E-state index < -0.39 is 24.2 Å². The number of hydrogen-bond acceptors (Lipinski definition) is 4. The molecule has 55 heavy (non-hydrogen) atoms. The summed E-state index contributed by atoms with van der Waals surface area (Å²) >= 11 is 0. The summed E-state index contributed by atoms with van der Waals surface area (Å²) in [5, 5.41) is 33.2. The Balaban J connectivity index is 3.64. The summed E-state index contributed by atoms with van der Waals surface area (Å²) in [4.78, 5) is 12.5. The predicted molar refractivity (Wildman–Crippen MR) is 241 cm³/mol. The van der Waals surface area contributed by atoms with Crippen molar-refractivity contribution < 1.29 is 20.1 Å². The molecule has 5 heteroatoms. The van der Waals surface area contributed by atoms with E-state index in [1.54, 1.807) is 6.08 Å². The Morgan fingerprint density at radius 3 is 1.11 bits per heavy atom. The Morgan fingerprint density at radius 2 is 0.745 bits per heavy atom. The fourth-order valence-corrected chi connectivity index (χ4v) is 7.67. The average molecular weight is 776 g/mol. The molecule has 0 aromatic carbocycles. The van der Waals surface area contributed by atoms with Gasteiger partial charge in [-0.05, 0) is 32.1 Å². The van der Waals surface area contributed by atoms with Gasteiger partial charge in [-0.3, -0.25) is 4.79 Å². The normalized spacial score (nSPS) is 13.6. The molecule has 0 aliphatic rings. The van der Waals surface area contributed by atoms with Crippen LogP contribution in [0.4, 0.5) is 0 Å². The molecule has 0 saturated carbocycles. The first-order chi connectivity index (χ1) is 27.1. The zero-order valence-electron chi connectivity index (χ0n) is 37.1. The maximum atomic E-state index is 12.5. The number of aliphatic hydroxyl groups is 3. The maximum absolute atomic E-state index is 12.5. The van der Waals surface area contributed by atoms with Gasteiger partial charge >= 0.3 is 0 Å². The quantitative estimate of drug-likeness (QED) is 0.0366. The molecule has 0 bridgehead atoms. The molecular weight excluding hydrogens is 679 g/mol. The summed E-state index contributed by atoms with van der Waals surface area (Å²) in [7, 11) is 0. The second kappa shape index (κ2) is 45.5. The SMILES string of the molecule is CCCCCCCCCCCCCCCCCCC/C=C/CC/C=C/C(O)C(CO)NC(=O)C(O)CCCCCCCCCCCCCCCCCCCC. The van der Waals surface area contributed by atoms with Crippen molar-refractivity contribution >= 4 is 5.91 Å². The largest absolute Gasteiger partial charge is 0.394 e. The van der Waals surface area contributed by atoms with Crippen LogP contribution in [0.2, 0.25) is 0 Å². The number of amides is 1. The van der Waals surface area contributed by atoms with Gasteiger partial charge in [0.15, 0.2) is 0 Å². The number of nitrogens with one attached hydrogen (secondary N) is 1. The third kappa shape index (κ3) is 40.8. The first-order valence-electron chi connectivity index (χ1n) is 24.7. The van der Waals surface area contributed by atoms with Crippen LogP contribution in [0.15, 0.2) is 24.3 Å². The first kappa shape index (κ1) is 53.8. The highest BCUT2D eigenvalue weighted by Gasteiger charge is 2.22. The molecule has 0 fully saturated rings. The van der Waals surface area contributed by atoms with E-state index in [1.807, 2.05) is 6.08 Å². The molecule has 0 aliphatic heterocycles. The molecule has 4 N–H and O–H groups in total. The lowest BCUT2D eigenvalue weighted by Crippen LogP contribution is -2.48. The van der Waals surface area contributed by atoms with E-state index in [0.29, 0.717) is 6.42 Å². The predicted octanol–water partition coefficient (Wildman–Crippen LogP) is 14.6. The van der Waals surface area contributed by atoms with Crippen molar-refractivity contribution in [2.75, 3.05) is 6.61 Å². The second-order valence-corrected chi connectivity index (χ2v) is 17.0. The molecule has 0 spiro atoms. The van der Waals surface area contributed by atoms with Gasteiger partial charge in [0.1, 0.15) is 6.10 Å². The number of carbonyl (C=O) groups is 1. The van der Waals surface area contributed by atoms with Gasteiger partial charge in [0.2, 0.25) is 5.91 Å². The number of allylic oxidation sites excluding steroid dienone is 3. The van der Waals surface area contributed by atoms with Crippen molar-refractivity contribution in [2.24, 2.45) is 0 Å². The minimum absolute atomic E-state index is 0.373. The lowest BCUT2D eigenvalue weighted by atomic mass is 10.0. The monoisotopic (exact) mass is 776 g/mol. The molecule has 326 valence electrons. The molecule has 0 aliphatic carbocycles. The molecule has 0 aromatic rings. The van der Waals surface area contributed by atoms with E-state index in [0.717, 1.165) is 38.5 Å². The Labute approximate surface area is 343 Å². The summed E-state index contributed by atoms with van der Waals surface area (Å²) in [6.45, 7) is 4.20. The van der Waals surface area contributed by atoms with Crippen LogP contribution in [-0.4, -0.2) is 46.1 Å². The van der Waals surface area contributed by atoms with Crippen LogP contribution in [0.3, 0.4) is 0 Å². The maximum Gasteiger partial charge on any atom is 0.249 e. The third-order valence-electron chi connectivity index (χ3n) is 11.5. The van der Waals surface area contributed by atoms with Crippen molar-refractivity contribution in [1.82, 2.24) is 5.32 Å². The fourth-order valence-electron chi connectivity index (χ4n) is 7.67. The van der Waals surface area contributed by atoms with Crippen LogP contribution in [0.25, 0.3) is 0 Å². The summed E-state index contributed by atoms with van der Waals surface area (Å²) in [5.74, 6) is -0.509. The van der Waals surface area contributed by atoms with Gasteiger partial charge in [0.25, 0.3) is 0 Å². The summed E-state index contributed by atoms with van der Waals surface area (Å²) in [5.41, 5.74) is 0. The van der Waals surface area contributed by atoms with Gasteiger partial charge in [-0.15, -0.1) is 0 Å². The van der Waals surface area contributed by atoms with Gasteiger partial charge in [-0.1, -0.05) is 256 Å². The highest BCUT2D eigenvalue weighted by molar-refractivity contribution is 5.80. The Kier molecular flexibility index (Phi) is 44.6. The third-order valence-corrected chi connectivity index (χ3v) is 11.5. The van der Waals surface area contributed by atoms with E-state index in [4.69, 9.17) is 0 Å². The number of aliphatic hydroxyl groups excluding tert-OH is 3. The Hall–Kier alpha value is -1.17. The van der Waals surface area contributed by atoms with Gasteiger partial charge < -0.3 is 20.6 Å². The van der Waals surface area contributed by atoms with E-state index >= 15 is 0 Å². The molecular formula is C50H97NO4. The molecule has 0 radical (unpaired) electrons. The van der Waals surface area contributed by atoms with Crippen LogP contribution in [0.1, 0.15) is 264 Å². The van der Waals surface area contributed by atoms with Crippen LogP contribution < -0.4 is 5.32 Å². The molecule has 0 rings (SSSR count). The molecule has 0 aromatic heterocycles. The molecule has 0 heterocycles. The van der Waals surface area contributed by atoms with Gasteiger partial charge in [0.05, 0.1) is 18.8 Å². The fraction of sp³-hybridized carbons (Fsp3) is 0.900. The summed E-state index contributed by atoms with van der Waals surface area (Å²) < 4.78 is 0. The zero-order chi connectivity index (χ0) is 40.1. The van der Waals surface area contributed by atoms with E-state index in [-0.39, 0.29) is 6.61 Å². The van der Waals surface area contributed by atoms with Crippen LogP contribution in [0, 0.1) is 0 Å². The van der Waals surface area contributed by atoms with Crippen LogP contribution in [0.5, 0.6) is 0 Å². The minimum Gasteiger partial charge on any atom is -0.394 e. The zero-order valence-corrected chi connectivity index (χ0v) is 37.1. The highest BCUT2D eigenvalue weighted by Crippen LogP contribution is 2.17. The van der Waals surface area contributed by atoms with E-state index in [1.165, 1.54) is 205 Å². The van der Waals surface area contributed by atoms with Gasteiger partial charge in [0, 0.05) is 0 Å². The van der Waals surface area contributed by atoms with E-state index in [2.05, 4.69) is 31.3 Å². The number of hydrogen-bond donors (Lipinski definition) is 4. The second-order valence-electron chi connectivity index (χ2n) is 17.0. The van der Waals surface area contributed by atoms with Crippen molar-refractivity contribution in [3.05, 3.63) is 24.3 Å². The molecule has 3 atom stereocenters. The van der Waals surface area contributed by atoms with Gasteiger partial charge in [-0.2, -0.15) is 0 Å². The van der Waals surface area contributed by atoms with Crippen molar-refractivity contribution in [3.63, 3.8) is 0 Å². The van der Waals surface area contributed by atoms with Crippen LogP contribution in [-0.2, 0) is 4.79 Å². The highest BCUT2D eigenvalue weighted by atomic mass is 16.3. The van der Waals surface area contributed by atoms with E-state index in [9.17, 15) is 20.1 Å². The van der Waals surface area contributed by atoms with Crippen molar-refractivity contribution in [3.8, 4) is 0 Å².